The van der Waals surface area contributed by atoms with Gasteiger partial charge in [0.15, 0.2) is 0 Å². The Hall–Kier alpha value is -2.29. The fraction of sp³-hybridized carbons (Fsp3) is 0.435. The summed E-state index contributed by atoms with van der Waals surface area (Å²) in [5, 5.41) is 5.58. The van der Waals surface area contributed by atoms with Crippen molar-refractivity contribution in [3.05, 3.63) is 44.2 Å². The quantitative estimate of drug-likeness (QED) is 0.387. The number of nitrogens with one attached hydrogen (secondary N) is 1. The summed E-state index contributed by atoms with van der Waals surface area (Å²) >= 11 is 13.9. The molecule has 0 bridgehead atoms. The van der Waals surface area contributed by atoms with Crippen LogP contribution in [0.3, 0.4) is 0 Å². The van der Waals surface area contributed by atoms with E-state index in [1.54, 1.807) is 24.3 Å². The fourth-order valence-electron chi connectivity index (χ4n) is 3.80. The maximum atomic E-state index is 11.6. The topological polar surface area (TPSA) is 76.6 Å². The molecule has 0 amide bonds. The Morgan fingerprint density at radius 2 is 1.97 bits per heavy atom. The summed E-state index contributed by atoms with van der Waals surface area (Å²) in [4.78, 5) is 25.7. The monoisotopic (exact) mass is 508 g/mol. The van der Waals surface area contributed by atoms with Crippen molar-refractivity contribution in [3.63, 3.8) is 0 Å². The summed E-state index contributed by atoms with van der Waals surface area (Å²) in [6.45, 7) is 8.23. The molecule has 2 aromatic heterocycles. The third kappa shape index (κ3) is 5.45. The molecule has 1 aliphatic heterocycles. The number of nitrogens with zero attached hydrogens (tertiary/aromatic N) is 3. The van der Waals surface area contributed by atoms with Gasteiger partial charge in [-0.25, -0.2) is 9.78 Å². The van der Waals surface area contributed by atoms with E-state index in [4.69, 9.17) is 42.6 Å². The number of ether oxygens (including phenoxy) is 2. The Kier molecular flexibility index (Phi) is 7.46. The lowest BCUT2D eigenvalue weighted by Crippen LogP contribution is -2.39. The Morgan fingerprint density at radius 3 is 2.67 bits per heavy atom. The second-order valence-corrected chi connectivity index (χ2v) is 9.94. The molecule has 1 aliphatic rings. The van der Waals surface area contributed by atoms with Crippen molar-refractivity contribution in [1.29, 1.82) is 0 Å². The highest BCUT2D eigenvalue weighted by atomic mass is 35.5. The van der Waals surface area contributed by atoms with Crippen LogP contribution in [-0.2, 0) is 16.0 Å². The molecule has 0 unspecified atom stereocenters. The van der Waals surface area contributed by atoms with Gasteiger partial charge >= 0.3 is 6.16 Å². The minimum absolute atomic E-state index is 0.150. The second-order valence-electron chi connectivity index (χ2n) is 7.92. The molecule has 4 rings (SSSR count). The minimum Gasteiger partial charge on any atom is -0.435 e. The number of hydrogen-bond acceptors (Lipinski definition) is 8. The molecular formula is C23H26Cl2N4O3S. The summed E-state index contributed by atoms with van der Waals surface area (Å²) in [5.74, 6) is 1.47. The van der Waals surface area contributed by atoms with Gasteiger partial charge in [0.2, 0.25) is 5.95 Å². The van der Waals surface area contributed by atoms with Gasteiger partial charge in [-0.05, 0) is 44.0 Å². The first-order valence-corrected chi connectivity index (χ1v) is 12.5. The number of carbonyl (C=O) groups is 1. The van der Waals surface area contributed by atoms with Gasteiger partial charge < -0.3 is 19.7 Å². The van der Waals surface area contributed by atoms with Crippen LogP contribution in [0.4, 0.5) is 16.6 Å². The number of aromatic nitrogens is 2. The van der Waals surface area contributed by atoms with E-state index in [1.807, 2.05) is 12.1 Å². The average molecular weight is 509 g/mol. The summed E-state index contributed by atoms with van der Waals surface area (Å²) in [6, 6.07) is 5.60. The van der Waals surface area contributed by atoms with Gasteiger partial charge in [-0.3, -0.25) is 0 Å². The van der Waals surface area contributed by atoms with Crippen LogP contribution in [0.2, 0.25) is 10.0 Å². The summed E-state index contributed by atoms with van der Waals surface area (Å²) < 4.78 is 10.3. The zero-order valence-electron chi connectivity index (χ0n) is 18.8. The van der Waals surface area contributed by atoms with Crippen molar-refractivity contribution in [3.8, 4) is 0 Å². The standard InChI is InChI=1S/C23H26Cl2N4O3S/c1-4-31-23(30)32-16-7-9-29(10-8-16)22-27-20(19-13(2)14(3)33-21(19)28-22)26-12-15-5-6-17(24)18(25)11-15/h5-6,11,16H,4,7-10,12H2,1-3H3,(H,26,27,28). The third-order valence-corrected chi connectivity index (χ3v) is 7.55. The Balaban J connectivity index is 1.53. The molecule has 10 heteroatoms. The van der Waals surface area contributed by atoms with Crippen LogP contribution >= 0.6 is 34.5 Å². The normalized spacial score (nSPS) is 14.5. The molecule has 0 spiro atoms. The van der Waals surface area contributed by atoms with E-state index in [2.05, 4.69) is 24.1 Å². The molecule has 1 N–H and O–H groups in total. The van der Waals surface area contributed by atoms with Crippen LogP contribution in [-0.4, -0.2) is 41.9 Å². The maximum absolute atomic E-state index is 11.6. The highest BCUT2D eigenvalue weighted by Crippen LogP contribution is 2.35. The van der Waals surface area contributed by atoms with E-state index >= 15 is 0 Å². The van der Waals surface area contributed by atoms with Gasteiger partial charge in [0.1, 0.15) is 16.8 Å². The number of rotatable bonds is 6. The molecule has 0 saturated carbocycles. The molecular weight excluding hydrogens is 483 g/mol. The SMILES string of the molecule is CCOC(=O)OC1CCN(c2nc(NCc3ccc(Cl)c(Cl)c3)c3c(C)c(C)sc3n2)CC1. The smallest absolute Gasteiger partial charge is 0.435 e. The summed E-state index contributed by atoms with van der Waals surface area (Å²) in [6.07, 6.45) is 0.651. The molecule has 33 heavy (non-hydrogen) atoms. The van der Waals surface area contributed by atoms with Crippen molar-refractivity contribution in [1.82, 2.24) is 9.97 Å². The van der Waals surface area contributed by atoms with E-state index in [-0.39, 0.29) is 6.10 Å². The van der Waals surface area contributed by atoms with E-state index < -0.39 is 6.16 Å². The van der Waals surface area contributed by atoms with Crippen LogP contribution in [0.1, 0.15) is 35.8 Å². The lowest BCUT2D eigenvalue weighted by Gasteiger charge is -2.31. The van der Waals surface area contributed by atoms with Gasteiger partial charge in [-0.15, -0.1) is 11.3 Å². The number of hydrogen-bond donors (Lipinski definition) is 1. The third-order valence-electron chi connectivity index (χ3n) is 5.71. The molecule has 1 saturated heterocycles. The zero-order valence-corrected chi connectivity index (χ0v) is 21.1. The molecule has 176 valence electrons. The highest BCUT2D eigenvalue weighted by Gasteiger charge is 2.26. The zero-order chi connectivity index (χ0) is 23.5. The molecule has 3 aromatic rings. The van der Waals surface area contributed by atoms with E-state index in [0.717, 1.165) is 21.6 Å². The van der Waals surface area contributed by atoms with E-state index in [9.17, 15) is 4.79 Å². The predicted molar refractivity (Wildman–Crippen MR) is 134 cm³/mol. The van der Waals surface area contributed by atoms with Crippen molar-refractivity contribution in [2.75, 3.05) is 29.9 Å². The van der Waals surface area contributed by atoms with Gasteiger partial charge in [-0.1, -0.05) is 29.3 Å². The van der Waals surface area contributed by atoms with Crippen molar-refractivity contribution in [2.45, 2.75) is 46.3 Å². The number of aryl methyl sites for hydroxylation is 2. The van der Waals surface area contributed by atoms with Gasteiger partial charge in [0.25, 0.3) is 0 Å². The predicted octanol–water partition coefficient (Wildman–Crippen LogP) is 6.37. The van der Waals surface area contributed by atoms with Crippen molar-refractivity contribution < 1.29 is 14.3 Å². The second kappa shape index (κ2) is 10.3. The maximum Gasteiger partial charge on any atom is 0.508 e. The number of fused-ring (bicyclic) bond motifs is 1. The van der Waals surface area contributed by atoms with Gasteiger partial charge in [-0.2, -0.15) is 4.98 Å². The number of piperidine rings is 1. The first-order chi connectivity index (χ1) is 15.9. The van der Waals surface area contributed by atoms with Crippen LogP contribution in [0.15, 0.2) is 18.2 Å². The molecule has 7 nitrogen and oxygen atoms in total. The fourth-order valence-corrected chi connectivity index (χ4v) is 5.15. The molecule has 0 radical (unpaired) electrons. The minimum atomic E-state index is -0.605. The summed E-state index contributed by atoms with van der Waals surface area (Å²) in [5.41, 5.74) is 2.19. The number of carbonyl (C=O) groups excluding carboxylic acids is 1. The van der Waals surface area contributed by atoms with E-state index in [1.165, 1.54) is 10.4 Å². The molecule has 0 aliphatic carbocycles. The van der Waals surface area contributed by atoms with Crippen LogP contribution in [0.25, 0.3) is 10.2 Å². The van der Waals surface area contributed by atoms with Crippen molar-refractivity contribution >= 4 is 62.7 Å². The average Bonchev–Trinajstić information content (AvgIpc) is 3.08. The van der Waals surface area contributed by atoms with Crippen LogP contribution in [0.5, 0.6) is 0 Å². The Labute approximate surface area is 207 Å². The summed E-state index contributed by atoms with van der Waals surface area (Å²) in [7, 11) is 0. The number of benzene rings is 1. The van der Waals surface area contributed by atoms with Crippen LogP contribution < -0.4 is 10.2 Å². The van der Waals surface area contributed by atoms with Crippen LogP contribution in [0, 0.1) is 13.8 Å². The first kappa shape index (κ1) is 23.9. The highest BCUT2D eigenvalue weighted by molar-refractivity contribution is 7.18. The Bertz CT molecular complexity index is 1160. The molecule has 0 atom stereocenters. The number of anilines is 2. The van der Waals surface area contributed by atoms with E-state index in [0.29, 0.717) is 55.1 Å². The Morgan fingerprint density at radius 1 is 1.21 bits per heavy atom. The first-order valence-electron chi connectivity index (χ1n) is 10.9. The largest absolute Gasteiger partial charge is 0.508 e. The van der Waals surface area contributed by atoms with Gasteiger partial charge in [0.05, 0.1) is 22.0 Å². The number of halogens is 2. The molecule has 1 aromatic carbocycles. The molecule has 1 fully saturated rings. The number of thiophene rings is 1. The molecule has 3 heterocycles. The van der Waals surface area contributed by atoms with Gasteiger partial charge in [0, 0.05) is 37.4 Å². The lowest BCUT2D eigenvalue weighted by molar-refractivity contribution is 0.0183. The lowest BCUT2D eigenvalue weighted by atomic mass is 10.1. The van der Waals surface area contributed by atoms with Crippen molar-refractivity contribution in [2.24, 2.45) is 0 Å².